The SMILES string of the molecule is CCCCN(C)C(=O)NCCCOc1ccc(C(C)(C)C)cc1. The average Bonchev–Trinajstić information content (AvgIpc) is 2.51. The molecule has 1 N–H and O–H groups in total. The molecule has 4 heteroatoms. The summed E-state index contributed by atoms with van der Waals surface area (Å²) in [5, 5.41) is 2.91. The molecule has 1 aromatic carbocycles. The van der Waals surface area contributed by atoms with Crippen molar-refractivity contribution in [3.05, 3.63) is 29.8 Å². The van der Waals surface area contributed by atoms with Crippen LogP contribution in [-0.4, -0.2) is 37.7 Å². The summed E-state index contributed by atoms with van der Waals surface area (Å²) in [6.45, 7) is 10.8. The van der Waals surface area contributed by atoms with E-state index in [9.17, 15) is 4.79 Å². The minimum atomic E-state index is -0.00650. The molecule has 23 heavy (non-hydrogen) atoms. The molecule has 130 valence electrons. The van der Waals surface area contributed by atoms with E-state index in [2.05, 4.69) is 45.1 Å². The molecule has 2 amide bonds. The van der Waals surface area contributed by atoms with Crippen molar-refractivity contribution < 1.29 is 9.53 Å². The number of carbonyl (C=O) groups excluding carboxylic acids is 1. The van der Waals surface area contributed by atoms with Crippen molar-refractivity contribution in [2.75, 3.05) is 26.7 Å². The van der Waals surface area contributed by atoms with Gasteiger partial charge in [-0.2, -0.15) is 0 Å². The number of rotatable bonds is 8. The van der Waals surface area contributed by atoms with E-state index in [0.717, 1.165) is 31.6 Å². The molecule has 0 aromatic heterocycles. The Labute approximate surface area is 141 Å². The van der Waals surface area contributed by atoms with Crippen molar-refractivity contribution in [3.8, 4) is 5.75 Å². The second-order valence-electron chi connectivity index (χ2n) is 6.98. The third-order valence-corrected chi connectivity index (χ3v) is 3.78. The maximum absolute atomic E-state index is 11.8. The van der Waals surface area contributed by atoms with Gasteiger partial charge in [-0.1, -0.05) is 46.2 Å². The van der Waals surface area contributed by atoms with Crippen LogP contribution in [0, 0.1) is 0 Å². The summed E-state index contributed by atoms with van der Waals surface area (Å²) in [6, 6.07) is 8.24. The van der Waals surface area contributed by atoms with Crippen molar-refractivity contribution in [2.24, 2.45) is 0 Å². The molecule has 0 saturated carbocycles. The lowest BCUT2D eigenvalue weighted by Crippen LogP contribution is -2.38. The van der Waals surface area contributed by atoms with Crippen LogP contribution < -0.4 is 10.1 Å². The Hall–Kier alpha value is -1.71. The van der Waals surface area contributed by atoms with Gasteiger partial charge < -0.3 is 15.0 Å². The smallest absolute Gasteiger partial charge is 0.317 e. The molecule has 1 rings (SSSR count). The summed E-state index contributed by atoms with van der Waals surface area (Å²) in [4.78, 5) is 13.5. The van der Waals surface area contributed by atoms with Gasteiger partial charge in [0.2, 0.25) is 0 Å². The quantitative estimate of drug-likeness (QED) is 0.730. The second-order valence-corrected chi connectivity index (χ2v) is 6.98. The van der Waals surface area contributed by atoms with Crippen LogP contribution in [0.15, 0.2) is 24.3 Å². The van der Waals surface area contributed by atoms with Gasteiger partial charge in [-0.15, -0.1) is 0 Å². The number of benzene rings is 1. The zero-order valence-electron chi connectivity index (χ0n) is 15.3. The van der Waals surface area contributed by atoms with Crippen LogP contribution in [0.4, 0.5) is 4.79 Å². The van der Waals surface area contributed by atoms with E-state index in [0.29, 0.717) is 13.2 Å². The van der Waals surface area contributed by atoms with Gasteiger partial charge in [0.1, 0.15) is 5.75 Å². The Bertz CT molecular complexity index is 463. The Kier molecular flexibility index (Phi) is 7.93. The molecule has 0 spiro atoms. The summed E-state index contributed by atoms with van der Waals surface area (Å²) >= 11 is 0. The minimum absolute atomic E-state index is 0.00650. The molecule has 0 aliphatic carbocycles. The summed E-state index contributed by atoms with van der Waals surface area (Å²) in [5.74, 6) is 0.879. The predicted molar refractivity (Wildman–Crippen MR) is 96.2 cm³/mol. The maximum Gasteiger partial charge on any atom is 0.317 e. The van der Waals surface area contributed by atoms with Crippen LogP contribution in [-0.2, 0) is 5.41 Å². The fourth-order valence-electron chi connectivity index (χ4n) is 2.14. The first kappa shape index (κ1) is 19.3. The molecular weight excluding hydrogens is 288 g/mol. The highest BCUT2D eigenvalue weighted by molar-refractivity contribution is 5.73. The summed E-state index contributed by atoms with van der Waals surface area (Å²) < 4.78 is 5.72. The van der Waals surface area contributed by atoms with Crippen molar-refractivity contribution >= 4 is 6.03 Å². The third-order valence-electron chi connectivity index (χ3n) is 3.78. The number of hydrogen-bond donors (Lipinski definition) is 1. The molecular formula is C19H32N2O2. The molecule has 0 radical (unpaired) electrons. The summed E-state index contributed by atoms with van der Waals surface area (Å²) in [6.07, 6.45) is 2.94. The summed E-state index contributed by atoms with van der Waals surface area (Å²) in [7, 11) is 1.83. The first-order chi connectivity index (χ1) is 10.8. The predicted octanol–water partition coefficient (Wildman–Crippen LogP) is 4.19. The van der Waals surface area contributed by atoms with E-state index in [1.165, 1.54) is 5.56 Å². The molecule has 0 bridgehead atoms. The summed E-state index contributed by atoms with van der Waals surface area (Å²) in [5.41, 5.74) is 1.46. The van der Waals surface area contributed by atoms with Gasteiger partial charge in [0.15, 0.2) is 0 Å². The highest BCUT2D eigenvalue weighted by Gasteiger charge is 2.12. The third kappa shape index (κ3) is 7.40. The van der Waals surface area contributed by atoms with Crippen LogP contribution >= 0.6 is 0 Å². The fourth-order valence-corrected chi connectivity index (χ4v) is 2.14. The van der Waals surface area contributed by atoms with Crippen LogP contribution in [0.1, 0.15) is 52.5 Å². The first-order valence-electron chi connectivity index (χ1n) is 8.57. The molecule has 0 unspecified atom stereocenters. The van der Waals surface area contributed by atoms with Crippen LogP contribution in [0.3, 0.4) is 0 Å². The van der Waals surface area contributed by atoms with Gasteiger partial charge >= 0.3 is 6.03 Å². The van der Waals surface area contributed by atoms with E-state index in [1.54, 1.807) is 4.90 Å². The van der Waals surface area contributed by atoms with E-state index in [4.69, 9.17) is 4.74 Å². The van der Waals surface area contributed by atoms with E-state index < -0.39 is 0 Å². The normalized spacial score (nSPS) is 11.2. The van der Waals surface area contributed by atoms with Crippen LogP contribution in [0.5, 0.6) is 5.75 Å². The van der Waals surface area contributed by atoms with Gasteiger partial charge in [0, 0.05) is 20.1 Å². The number of carbonyl (C=O) groups is 1. The topological polar surface area (TPSA) is 41.6 Å². The Morgan fingerprint density at radius 2 is 1.83 bits per heavy atom. The number of ether oxygens (including phenoxy) is 1. The molecule has 1 aromatic rings. The number of unbranched alkanes of at least 4 members (excludes halogenated alkanes) is 1. The van der Waals surface area contributed by atoms with Gasteiger partial charge in [-0.3, -0.25) is 0 Å². The van der Waals surface area contributed by atoms with Gasteiger partial charge in [-0.05, 0) is 36.0 Å². The lowest BCUT2D eigenvalue weighted by Gasteiger charge is -2.19. The highest BCUT2D eigenvalue weighted by Crippen LogP contribution is 2.24. The molecule has 0 aliphatic rings. The molecule has 0 saturated heterocycles. The minimum Gasteiger partial charge on any atom is -0.494 e. The highest BCUT2D eigenvalue weighted by atomic mass is 16.5. The standard InChI is InChI=1S/C19H32N2O2/c1-6-7-14-21(5)18(22)20-13-8-15-23-17-11-9-16(10-12-17)19(2,3)4/h9-12H,6-8,13-15H2,1-5H3,(H,20,22). The number of nitrogens with zero attached hydrogens (tertiary/aromatic N) is 1. The molecule has 0 atom stereocenters. The van der Waals surface area contributed by atoms with Crippen molar-refractivity contribution in [1.29, 1.82) is 0 Å². The number of urea groups is 1. The van der Waals surface area contributed by atoms with Crippen LogP contribution in [0.2, 0.25) is 0 Å². The maximum atomic E-state index is 11.8. The Balaban J connectivity index is 2.21. The van der Waals surface area contributed by atoms with E-state index in [1.807, 2.05) is 19.2 Å². The Morgan fingerprint density at radius 3 is 2.39 bits per heavy atom. The average molecular weight is 320 g/mol. The van der Waals surface area contributed by atoms with E-state index in [-0.39, 0.29) is 11.4 Å². The second kappa shape index (κ2) is 9.43. The Morgan fingerprint density at radius 1 is 1.17 bits per heavy atom. The number of hydrogen-bond acceptors (Lipinski definition) is 2. The number of amides is 2. The number of nitrogens with one attached hydrogen (secondary N) is 1. The molecule has 0 heterocycles. The van der Waals surface area contributed by atoms with Gasteiger partial charge in [0.05, 0.1) is 6.61 Å². The van der Waals surface area contributed by atoms with E-state index >= 15 is 0 Å². The van der Waals surface area contributed by atoms with Crippen LogP contribution in [0.25, 0.3) is 0 Å². The molecule has 0 fully saturated rings. The first-order valence-corrected chi connectivity index (χ1v) is 8.57. The lowest BCUT2D eigenvalue weighted by molar-refractivity contribution is 0.207. The van der Waals surface area contributed by atoms with Crippen molar-refractivity contribution in [3.63, 3.8) is 0 Å². The zero-order valence-corrected chi connectivity index (χ0v) is 15.3. The monoisotopic (exact) mass is 320 g/mol. The van der Waals surface area contributed by atoms with Gasteiger partial charge in [-0.25, -0.2) is 4.79 Å². The molecule has 4 nitrogen and oxygen atoms in total. The molecule has 0 aliphatic heterocycles. The largest absolute Gasteiger partial charge is 0.494 e. The van der Waals surface area contributed by atoms with Crippen molar-refractivity contribution in [1.82, 2.24) is 10.2 Å². The fraction of sp³-hybridized carbons (Fsp3) is 0.632. The van der Waals surface area contributed by atoms with Gasteiger partial charge in [0.25, 0.3) is 0 Å². The zero-order chi connectivity index (χ0) is 17.3. The van der Waals surface area contributed by atoms with Crippen molar-refractivity contribution in [2.45, 2.75) is 52.4 Å². The lowest BCUT2D eigenvalue weighted by atomic mass is 9.87.